The molecule has 38 heavy (non-hydrogen) atoms. The third-order valence-electron chi connectivity index (χ3n) is 7.76. The first-order valence-electron chi connectivity index (χ1n) is 13.5. The van der Waals surface area contributed by atoms with Crippen LogP contribution < -0.4 is 10.2 Å². The third-order valence-corrected chi connectivity index (χ3v) is 10.3. The van der Waals surface area contributed by atoms with Crippen LogP contribution in [-0.2, 0) is 19.9 Å². The molecule has 1 aromatic rings. The average Bonchev–Trinajstić information content (AvgIpc) is 3.23. The van der Waals surface area contributed by atoms with Crippen LogP contribution in [0.15, 0.2) is 41.5 Å². The van der Waals surface area contributed by atoms with Gasteiger partial charge in [-0.2, -0.15) is 0 Å². The van der Waals surface area contributed by atoms with Crippen LogP contribution in [0.2, 0.25) is 18.6 Å². The maximum Gasteiger partial charge on any atom is 0.264 e. The molecule has 4 N–H and O–H groups in total. The number of carbonyl (C=O) groups excluding carboxylic acids is 2. The van der Waals surface area contributed by atoms with Crippen LogP contribution in [-0.4, -0.2) is 60.5 Å². The van der Waals surface area contributed by atoms with Gasteiger partial charge in [0.05, 0.1) is 11.8 Å². The summed E-state index contributed by atoms with van der Waals surface area (Å²) in [6, 6.07) is 5.27. The molecule has 9 heteroatoms. The average molecular weight is 545 g/mol. The number of benzene rings is 1. The van der Waals surface area contributed by atoms with Gasteiger partial charge in [-0.1, -0.05) is 30.2 Å². The molecule has 2 amide bonds. The Kier molecular flexibility index (Phi) is 9.42. The SMILES string of the molecule is CC(C)=CCC/C(C)=C/CN1C(=O)[C@]2(O[C@H](CCO)[C@@H]([Si](C)(C)O)[C@@H]2C)c2cc(NC(=O)[C@H](C)O)ccc21. The van der Waals surface area contributed by atoms with Crippen molar-refractivity contribution in [2.24, 2.45) is 5.92 Å². The van der Waals surface area contributed by atoms with E-state index in [0.717, 1.165) is 12.8 Å². The number of hydrogen-bond donors (Lipinski definition) is 4. The normalized spacial score (nSPS) is 26.1. The number of ether oxygens (including phenoxy) is 1. The van der Waals surface area contributed by atoms with Crippen LogP contribution >= 0.6 is 0 Å². The van der Waals surface area contributed by atoms with Crippen LogP contribution in [0, 0.1) is 5.92 Å². The first-order chi connectivity index (χ1) is 17.7. The van der Waals surface area contributed by atoms with E-state index < -0.39 is 32.0 Å². The fourth-order valence-electron chi connectivity index (χ4n) is 5.92. The molecular weight excluding hydrogens is 500 g/mol. The fourth-order valence-corrected chi connectivity index (χ4v) is 8.52. The van der Waals surface area contributed by atoms with E-state index in [1.54, 1.807) is 23.1 Å². The Labute approximate surface area is 227 Å². The Morgan fingerprint density at radius 3 is 2.53 bits per heavy atom. The fraction of sp³-hybridized carbons (Fsp3) is 0.586. The Balaban J connectivity index is 2.06. The van der Waals surface area contributed by atoms with Gasteiger partial charge < -0.3 is 30.0 Å². The Morgan fingerprint density at radius 1 is 1.26 bits per heavy atom. The largest absolute Gasteiger partial charge is 0.432 e. The quantitative estimate of drug-likeness (QED) is 0.259. The van der Waals surface area contributed by atoms with Crippen molar-refractivity contribution in [1.82, 2.24) is 0 Å². The van der Waals surface area contributed by atoms with E-state index in [-0.39, 0.29) is 24.0 Å². The molecule has 0 radical (unpaired) electrons. The van der Waals surface area contributed by atoms with Crippen molar-refractivity contribution in [2.75, 3.05) is 23.4 Å². The lowest BCUT2D eigenvalue weighted by atomic mass is 9.82. The molecular formula is C29H44N2O6Si. The van der Waals surface area contributed by atoms with E-state index in [9.17, 15) is 24.6 Å². The molecule has 3 rings (SSSR count). The summed E-state index contributed by atoms with van der Waals surface area (Å²) in [5.41, 5.74) is 2.63. The number of hydrogen-bond acceptors (Lipinski definition) is 6. The monoisotopic (exact) mass is 544 g/mol. The van der Waals surface area contributed by atoms with Gasteiger partial charge >= 0.3 is 0 Å². The lowest BCUT2D eigenvalue weighted by Crippen LogP contribution is -2.46. The summed E-state index contributed by atoms with van der Waals surface area (Å²) < 4.78 is 6.61. The van der Waals surface area contributed by atoms with E-state index in [0.29, 0.717) is 29.9 Å². The Bertz CT molecular complexity index is 1100. The summed E-state index contributed by atoms with van der Waals surface area (Å²) in [6.07, 6.45) is 4.75. The second-order valence-corrected chi connectivity index (χ2v) is 15.5. The number of nitrogens with one attached hydrogen (secondary N) is 1. The number of anilines is 2. The molecule has 2 aliphatic heterocycles. The number of carbonyl (C=O) groups is 2. The van der Waals surface area contributed by atoms with Gasteiger partial charge in [0.25, 0.3) is 11.8 Å². The van der Waals surface area contributed by atoms with Gasteiger partial charge in [-0.3, -0.25) is 9.59 Å². The topological polar surface area (TPSA) is 119 Å². The highest BCUT2D eigenvalue weighted by atomic mass is 28.4. The highest BCUT2D eigenvalue weighted by molar-refractivity contribution is 6.71. The third kappa shape index (κ3) is 5.97. The Hall–Kier alpha value is -2.30. The molecule has 0 aromatic heterocycles. The molecule has 1 saturated heterocycles. The Morgan fingerprint density at radius 2 is 1.95 bits per heavy atom. The molecule has 1 aromatic carbocycles. The molecule has 0 unspecified atom stereocenters. The maximum absolute atomic E-state index is 14.3. The predicted molar refractivity (Wildman–Crippen MR) is 152 cm³/mol. The van der Waals surface area contributed by atoms with Gasteiger partial charge in [0.15, 0.2) is 13.9 Å². The van der Waals surface area contributed by atoms with Crippen LogP contribution in [0.3, 0.4) is 0 Å². The molecule has 1 spiro atoms. The molecule has 8 nitrogen and oxygen atoms in total. The van der Waals surface area contributed by atoms with Gasteiger partial charge in [0.2, 0.25) is 0 Å². The number of rotatable bonds is 10. The zero-order chi connectivity index (χ0) is 28.4. The van der Waals surface area contributed by atoms with Crippen molar-refractivity contribution in [3.63, 3.8) is 0 Å². The minimum Gasteiger partial charge on any atom is -0.432 e. The first-order valence-corrected chi connectivity index (χ1v) is 16.5. The lowest BCUT2D eigenvalue weighted by Gasteiger charge is -2.32. The number of fused-ring (bicyclic) bond motifs is 2. The van der Waals surface area contributed by atoms with Gasteiger partial charge in [0.1, 0.15) is 6.10 Å². The van der Waals surface area contributed by atoms with E-state index >= 15 is 0 Å². The maximum atomic E-state index is 14.3. The number of amides is 2. The van der Waals surface area contributed by atoms with Crippen LogP contribution in [0.5, 0.6) is 0 Å². The van der Waals surface area contributed by atoms with Crippen LogP contribution in [0.1, 0.15) is 59.4 Å². The molecule has 2 aliphatic rings. The predicted octanol–water partition coefficient (Wildman–Crippen LogP) is 4.23. The van der Waals surface area contributed by atoms with E-state index in [2.05, 4.69) is 38.2 Å². The summed E-state index contributed by atoms with van der Waals surface area (Å²) >= 11 is 0. The van der Waals surface area contributed by atoms with E-state index in [4.69, 9.17) is 4.74 Å². The molecule has 0 aliphatic carbocycles. The molecule has 0 saturated carbocycles. The first kappa shape index (κ1) is 30.2. The molecule has 0 bridgehead atoms. The summed E-state index contributed by atoms with van der Waals surface area (Å²) in [6.45, 7) is 13.5. The number of nitrogens with zero attached hydrogens (tertiary/aromatic N) is 1. The number of aliphatic hydroxyl groups excluding tert-OH is 2. The van der Waals surface area contributed by atoms with Crippen LogP contribution in [0.25, 0.3) is 0 Å². The molecule has 2 heterocycles. The molecule has 210 valence electrons. The van der Waals surface area contributed by atoms with Crippen molar-refractivity contribution >= 4 is 31.5 Å². The minimum absolute atomic E-state index is 0.114. The van der Waals surface area contributed by atoms with Crippen molar-refractivity contribution < 1.29 is 29.3 Å². The summed E-state index contributed by atoms with van der Waals surface area (Å²) in [4.78, 5) is 39.4. The standard InChI is InChI=1S/C29H44N2O6Si/c1-18(2)9-8-10-19(3)13-15-31-24-12-11-22(30-27(34)21(5)33)17-23(24)29(28(31)35)20(4)26(38(6,7)36)25(37-29)14-16-32/h9,11-13,17,20-21,25-26,32-33,36H,8,10,14-16H2,1-7H3,(H,30,34)/b19-13+/t20-,21-,25+,26-,29+/m0/s1. The van der Waals surface area contributed by atoms with Crippen molar-refractivity contribution in [3.8, 4) is 0 Å². The molecule has 5 atom stereocenters. The van der Waals surface area contributed by atoms with Crippen molar-refractivity contribution in [3.05, 3.63) is 47.1 Å². The minimum atomic E-state index is -2.80. The van der Waals surface area contributed by atoms with Crippen LogP contribution in [0.4, 0.5) is 11.4 Å². The van der Waals surface area contributed by atoms with E-state index in [1.807, 2.05) is 20.0 Å². The zero-order valence-corrected chi connectivity index (χ0v) is 24.7. The van der Waals surface area contributed by atoms with Gasteiger partial charge in [0, 0.05) is 35.9 Å². The van der Waals surface area contributed by atoms with Gasteiger partial charge in [-0.15, -0.1) is 0 Å². The zero-order valence-electron chi connectivity index (χ0n) is 23.7. The number of aliphatic hydroxyl groups is 2. The second kappa shape index (κ2) is 11.8. The highest BCUT2D eigenvalue weighted by Gasteiger charge is 2.66. The summed E-state index contributed by atoms with van der Waals surface area (Å²) in [5, 5.41) is 22.2. The summed E-state index contributed by atoms with van der Waals surface area (Å²) in [7, 11) is -2.80. The molecule has 1 fully saturated rings. The van der Waals surface area contributed by atoms with Crippen molar-refractivity contribution in [1.29, 1.82) is 0 Å². The lowest BCUT2D eigenvalue weighted by molar-refractivity contribution is -0.146. The number of allylic oxidation sites excluding steroid dienone is 3. The smallest absolute Gasteiger partial charge is 0.264 e. The van der Waals surface area contributed by atoms with Gasteiger partial charge in [-0.25, -0.2) is 0 Å². The highest BCUT2D eigenvalue weighted by Crippen LogP contribution is 2.59. The summed E-state index contributed by atoms with van der Waals surface area (Å²) in [5.74, 6) is -1.10. The second-order valence-electron chi connectivity index (χ2n) is 11.6. The van der Waals surface area contributed by atoms with Gasteiger partial charge in [-0.05, 0) is 78.3 Å². The van der Waals surface area contributed by atoms with Crippen molar-refractivity contribution in [2.45, 2.75) is 90.3 Å². The van der Waals surface area contributed by atoms with E-state index in [1.165, 1.54) is 18.1 Å².